The van der Waals surface area contributed by atoms with Crippen molar-refractivity contribution in [2.75, 3.05) is 5.32 Å². The van der Waals surface area contributed by atoms with Crippen LogP contribution in [0, 0.1) is 11.3 Å². The highest BCUT2D eigenvalue weighted by Crippen LogP contribution is 2.31. The molecule has 0 saturated carbocycles. The number of amides is 1. The van der Waals surface area contributed by atoms with Gasteiger partial charge in [-0.2, -0.15) is 18.4 Å². The average molecular weight is 535 g/mol. The van der Waals surface area contributed by atoms with Gasteiger partial charge in [0.2, 0.25) is 0 Å². The van der Waals surface area contributed by atoms with Gasteiger partial charge >= 0.3 is 6.18 Å². The molecule has 0 heterocycles. The number of nitrogens with zero attached hydrogens (tertiary/aromatic N) is 1. The first-order chi connectivity index (χ1) is 16.8. The number of hydrogen-bond donors (Lipinski definition) is 1. The van der Waals surface area contributed by atoms with Gasteiger partial charge in [-0.1, -0.05) is 76.6 Å². The van der Waals surface area contributed by atoms with Crippen LogP contribution in [0.2, 0.25) is 0 Å². The molecule has 0 atom stereocenters. The van der Waals surface area contributed by atoms with E-state index in [0.717, 1.165) is 38.5 Å². The lowest BCUT2D eigenvalue weighted by atomic mass is 9.93. The molecule has 1 N–H and O–H groups in total. The summed E-state index contributed by atoms with van der Waals surface area (Å²) in [6.45, 7) is 0. The minimum atomic E-state index is -4.54. The van der Waals surface area contributed by atoms with Crippen molar-refractivity contribution in [3.05, 3.63) is 117 Å². The smallest absolute Gasteiger partial charge is 0.321 e. The fourth-order valence-electron chi connectivity index (χ4n) is 3.78. The van der Waals surface area contributed by atoms with Crippen LogP contribution in [0.25, 0.3) is 16.8 Å². The van der Waals surface area contributed by atoms with E-state index in [9.17, 15) is 23.2 Å². The zero-order chi connectivity index (χ0) is 25.0. The Morgan fingerprint density at radius 2 is 1.69 bits per heavy atom. The van der Waals surface area contributed by atoms with Gasteiger partial charge in [0.1, 0.15) is 11.6 Å². The molecule has 1 amide bonds. The van der Waals surface area contributed by atoms with Crippen molar-refractivity contribution in [3.8, 4) is 6.07 Å². The maximum absolute atomic E-state index is 13.0. The van der Waals surface area contributed by atoms with E-state index in [-0.39, 0.29) is 11.3 Å². The maximum atomic E-state index is 13.0. The van der Waals surface area contributed by atoms with Crippen LogP contribution < -0.4 is 5.32 Å². The molecule has 0 saturated heterocycles. The minimum Gasteiger partial charge on any atom is -0.321 e. The molecule has 4 aromatic carbocycles. The van der Waals surface area contributed by atoms with Gasteiger partial charge in [0.05, 0.1) is 5.56 Å². The van der Waals surface area contributed by atoms with Gasteiger partial charge in [-0.3, -0.25) is 4.79 Å². The Hall–Kier alpha value is -3.89. The number of nitrogens with one attached hydrogen (secondary N) is 1. The van der Waals surface area contributed by atoms with E-state index in [1.165, 1.54) is 18.2 Å². The third-order valence-corrected chi connectivity index (χ3v) is 6.27. The van der Waals surface area contributed by atoms with Gasteiger partial charge in [-0.05, 0) is 64.2 Å². The molecule has 3 nitrogen and oxygen atoms in total. The lowest BCUT2D eigenvalue weighted by molar-refractivity contribution is -0.137. The van der Waals surface area contributed by atoms with E-state index in [0.29, 0.717) is 12.0 Å². The second-order valence-electron chi connectivity index (χ2n) is 7.83. The Kier molecular flexibility index (Phi) is 7.04. The summed E-state index contributed by atoms with van der Waals surface area (Å²) in [6, 6.07) is 25.5. The zero-order valence-electron chi connectivity index (χ0n) is 18.2. The quantitative estimate of drug-likeness (QED) is 0.210. The summed E-state index contributed by atoms with van der Waals surface area (Å²) in [5.74, 6) is -0.786. The Labute approximate surface area is 208 Å². The molecule has 0 aliphatic carbocycles. The zero-order valence-corrected chi connectivity index (χ0v) is 19.8. The van der Waals surface area contributed by atoms with Crippen LogP contribution >= 0.6 is 15.9 Å². The van der Waals surface area contributed by atoms with E-state index in [4.69, 9.17) is 0 Å². The van der Waals surface area contributed by atoms with Gasteiger partial charge in [-0.25, -0.2) is 0 Å². The third kappa shape index (κ3) is 5.61. The molecule has 0 fully saturated rings. The van der Waals surface area contributed by atoms with Crippen molar-refractivity contribution in [1.82, 2.24) is 0 Å². The SMILES string of the molecule is N#C/C(=C\c1c(Cc2ccccc2Br)ccc2ccccc12)C(=O)Nc1cccc(C(F)(F)F)c1. The first kappa shape index (κ1) is 24.2. The van der Waals surface area contributed by atoms with E-state index < -0.39 is 17.6 Å². The number of alkyl halides is 3. The van der Waals surface area contributed by atoms with E-state index >= 15 is 0 Å². The average Bonchev–Trinajstić information content (AvgIpc) is 2.84. The highest BCUT2D eigenvalue weighted by molar-refractivity contribution is 9.10. The van der Waals surface area contributed by atoms with Crippen LogP contribution in [-0.4, -0.2) is 5.91 Å². The molecule has 0 radical (unpaired) electrons. The number of halogens is 4. The Balaban J connectivity index is 1.75. The molecule has 174 valence electrons. The van der Waals surface area contributed by atoms with E-state index in [1.54, 1.807) is 0 Å². The summed E-state index contributed by atoms with van der Waals surface area (Å²) in [5.41, 5.74) is 1.49. The molecule has 0 aliphatic heterocycles. The summed E-state index contributed by atoms with van der Waals surface area (Å²) >= 11 is 3.56. The largest absolute Gasteiger partial charge is 0.416 e. The lowest BCUT2D eigenvalue weighted by Gasteiger charge is -2.13. The normalized spacial score (nSPS) is 11.8. The Morgan fingerprint density at radius 1 is 0.943 bits per heavy atom. The van der Waals surface area contributed by atoms with Crippen LogP contribution in [0.15, 0.2) is 95.0 Å². The maximum Gasteiger partial charge on any atom is 0.416 e. The minimum absolute atomic E-state index is 0.0441. The number of anilines is 1. The van der Waals surface area contributed by atoms with Crippen molar-refractivity contribution in [2.24, 2.45) is 0 Å². The number of carbonyl (C=O) groups excluding carboxylic acids is 1. The van der Waals surface area contributed by atoms with E-state index in [1.807, 2.05) is 66.7 Å². The fourth-order valence-corrected chi connectivity index (χ4v) is 4.20. The Morgan fingerprint density at radius 3 is 2.43 bits per heavy atom. The summed E-state index contributed by atoms with van der Waals surface area (Å²) in [5, 5.41) is 14.0. The number of nitriles is 1. The number of rotatable bonds is 5. The van der Waals surface area contributed by atoms with Crippen LogP contribution in [0.1, 0.15) is 22.3 Å². The van der Waals surface area contributed by atoms with Crippen molar-refractivity contribution >= 4 is 44.4 Å². The predicted octanol–water partition coefficient (Wildman–Crippen LogP) is 7.76. The predicted molar refractivity (Wildman–Crippen MR) is 135 cm³/mol. The van der Waals surface area contributed by atoms with Gasteiger partial charge in [0, 0.05) is 10.2 Å². The second-order valence-corrected chi connectivity index (χ2v) is 8.68. The fraction of sp³-hybridized carbons (Fsp3) is 0.0714. The molecule has 35 heavy (non-hydrogen) atoms. The monoisotopic (exact) mass is 534 g/mol. The summed E-state index contributed by atoms with van der Waals surface area (Å²) in [7, 11) is 0. The van der Waals surface area contributed by atoms with Crippen molar-refractivity contribution in [1.29, 1.82) is 5.26 Å². The molecule has 4 rings (SSSR count). The lowest BCUT2D eigenvalue weighted by Crippen LogP contribution is -2.14. The first-order valence-electron chi connectivity index (χ1n) is 10.6. The van der Waals surface area contributed by atoms with Gasteiger partial charge in [0.15, 0.2) is 0 Å². The van der Waals surface area contributed by atoms with Gasteiger partial charge in [0.25, 0.3) is 5.91 Å². The van der Waals surface area contributed by atoms with Crippen LogP contribution in [-0.2, 0) is 17.4 Å². The second kappa shape index (κ2) is 10.2. The summed E-state index contributed by atoms with van der Waals surface area (Å²) < 4.78 is 40.0. The first-order valence-corrected chi connectivity index (χ1v) is 11.4. The standard InChI is InChI=1S/C28H18BrF3N2O/c29-26-11-4-2-7-20(26)14-19-13-12-18-6-1-3-10-24(18)25(19)15-21(17-33)27(35)34-23-9-5-8-22(16-23)28(30,31)32/h1-13,15-16H,14H2,(H,34,35)/b21-15+. The Bertz CT molecular complexity index is 1490. The third-order valence-electron chi connectivity index (χ3n) is 5.50. The van der Waals surface area contributed by atoms with Crippen molar-refractivity contribution in [2.45, 2.75) is 12.6 Å². The number of benzene rings is 4. The molecule has 0 aliphatic rings. The molecule has 7 heteroatoms. The number of hydrogen-bond acceptors (Lipinski definition) is 2. The highest BCUT2D eigenvalue weighted by Gasteiger charge is 2.30. The molecular formula is C28H18BrF3N2O. The molecular weight excluding hydrogens is 517 g/mol. The topological polar surface area (TPSA) is 52.9 Å². The van der Waals surface area contributed by atoms with Crippen molar-refractivity contribution in [3.63, 3.8) is 0 Å². The molecule has 0 spiro atoms. The molecule has 0 aromatic heterocycles. The highest BCUT2D eigenvalue weighted by atomic mass is 79.9. The summed E-state index contributed by atoms with van der Waals surface area (Å²) in [6.07, 6.45) is -2.50. The van der Waals surface area contributed by atoms with Gasteiger partial charge < -0.3 is 5.32 Å². The van der Waals surface area contributed by atoms with Gasteiger partial charge in [-0.15, -0.1) is 0 Å². The molecule has 0 unspecified atom stereocenters. The van der Waals surface area contributed by atoms with Crippen LogP contribution in [0.4, 0.5) is 18.9 Å². The van der Waals surface area contributed by atoms with Crippen molar-refractivity contribution < 1.29 is 18.0 Å². The van der Waals surface area contributed by atoms with Crippen LogP contribution in [0.3, 0.4) is 0 Å². The number of carbonyl (C=O) groups is 1. The molecule has 4 aromatic rings. The molecule has 0 bridgehead atoms. The van der Waals surface area contributed by atoms with E-state index in [2.05, 4.69) is 21.2 Å². The van der Waals surface area contributed by atoms with Crippen LogP contribution in [0.5, 0.6) is 0 Å². The summed E-state index contributed by atoms with van der Waals surface area (Å²) in [4.78, 5) is 12.9. The number of fused-ring (bicyclic) bond motifs is 1.